The SMILES string of the molecule is Cc1ccc(CNc2nccc(-c3c(C)noc3C)n2)cc1. The average molecular weight is 294 g/mol. The van der Waals surface area contributed by atoms with Crippen molar-refractivity contribution in [2.24, 2.45) is 0 Å². The molecule has 0 unspecified atom stereocenters. The molecule has 0 aliphatic heterocycles. The van der Waals surface area contributed by atoms with E-state index in [1.165, 1.54) is 11.1 Å². The third-order valence-corrected chi connectivity index (χ3v) is 3.52. The highest BCUT2D eigenvalue weighted by Gasteiger charge is 2.13. The first-order valence-corrected chi connectivity index (χ1v) is 7.19. The van der Waals surface area contributed by atoms with Crippen LogP contribution in [0.15, 0.2) is 41.1 Å². The first-order chi connectivity index (χ1) is 10.6. The average Bonchev–Trinajstić information content (AvgIpc) is 2.86. The van der Waals surface area contributed by atoms with E-state index in [1.54, 1.807) is 6.20 Å². The number of nitrogens with one attached hydrogen (secondary N) is 1. The molecule has 0 fully saturated rings. The molecule has 3 rings (SSSR count). The number of nitrogens with zero attached hydrogens (tertiary/aromatic N) is 3. The number of benzene rings is 1. The Morgan fingerprint density at radius 2 is 1.82 bits per heavy atom. The summed E-state index contributed by atoms with van der Waals surface area (Å²) in [5.74, 6) is 1.36. The Balaban J connectivity index is 1.78. The topological polar surface area (TPSA) is 63.8 Å². The number of rotatable bonds is 4. The lowest BCUT2D eigenvalue weighted by molar-refractivity contribution is 0.393. The Bertz CT molecular complexity index is 758. The maximum absolute atomic E-state index is 5.20. The zero-order valence-electron chi connectivity index (χ0n) is 12.9. The lowest BCUT2D eigenvalue weighted by atomic mass is 10.1. The second-order valence-electron chi connectivity index (χ2n) is 5.30. The molecule has 0 aliphatic carbocycles. The summed E-state index contributed by atoms with van der Waals surface area (Å²) in [5, 5.41) is 7.22. The van der Waals surface area contributed by atoms with Crippen LogP contribution in [0.4, 0.5) is 5.95 Å². The fourth-order valence-electron chi connectivity index (χ4n) is 2.32. The fourth-order valence-corrected chi connectivity index (χ4v) is 2.32. The number of aromatic nitrogens is 3. The molecule has 1 aromatic carbocycles. The van der Waals surface area contributed by atoms with E-state index in [9.17, 15) is 0 Å². The van der Waals surface area contributed by atoms with E-state index in [0.29, 0.717) is 12.5 Å². The number of hydrogen-bond acceptors (Lipinski definition) is 5. The molecule has 0 aliphatic rings. The Kier molecular flexibility index (Phi) is 3.87. The first kappa shape index (κ1) is 14.3. The van der Waals surface area contributed by atoms with E-state index in [-0.39, 0.29) is 0 Å². The van der Waals surface area contributed by atoms with Crippen molar-refractivity contribution >= 4 is 5.95 Å². The van der Waals surface area contributed by atoms with Crippen molar-refractivity contribution in [2.45, 2.75) is 27.3 Å². The fraction of sp³-hybridized carbons (Fsp3) is 0.235. The van der Waals surface area contributed by atoms with E-state index in [0.717, 1.165) is 22.7 Å². The maximum atomic E-state index is 5.20. The zero-order valence-corrected chi connectivity index (χ0v) is 12.9. The van der Waals surface area contributed by atoms with Crippen molar-refractivity contribution in [3.8, 4) is 11.3 Å². The Hall–Kier alpha value is -2.69. The quantitative estimate of drug-likeness (QED) is 0.795. The van der Waals surface area contributed by atoms with Crippen LogP contribution in [0, 0.1) is 20.8 Å². The van der Waals surface area contributed by atoms with Gasteiger partial charge in [0, 0.05) is 12.7 Å². The highest BCUT2D eigenvalue weighted by atomic mass is 16.5. The Morgan fingerprint density at radius 3 is 2.50 bits per heavy atom. The molecule has 0 atom stereocenters. The van der Waals surface area contributed by atoms with Gasteiger partial charge in [0.25, 0.3) is 0 Å². The van der Waals surface area contributed by atoms with E-state index in [4.69, 9.17) is 4.52 Å². The molecule has 3 aromatic rings. The van der Waals surface area contributed by atoms with Crippen LogP contribution in [0.1, 0.15) is 22.6 Å². The van der Waals surface area contributed by atoms with Gasteiger partial charge < -0.3 is 9.84 Å². The van der Waals surface area contributed by atoms with Crippen LogP contribution in [-0.2, 0) is 6.54 Å². The predicted octanol–water partition coefficient (Wildman–Crippen LogP) is 3.67. The van der Waals surface area contributed by atoms with Gasteiger partial charge in [-0.15, -0.1) is 0 Å². The van der Waals surface area contributed by atoms with Crippen LogP contribution in [0.2, 0.25) is 0 Å². The van der Waals surface area contributed by atoms with Crippen molar-refractivity contribution in [3.05, 3.63) is 59.1 Å². The number of hydrogen-bond donors (Lipinski definition) is 1. The monoisotopic (exact) mass is 294 g/mol. The van der Waals surface area contributed by atoms with Crippen molar-refractivity contribution < 1.29 is 4.52 Å². The molecule has 5 nitrogen and oxygen atoms in total. The molecule has 0 amide bonds. The maximum Gasteiger partial charge on any atom is 0.223 e. The molecular formula is C17H18N4O. The minimum absolute atomic E-state index is 0.595. The summed E-state index contributed by atoms with van der Waals surface area (Å²) in [6.45, 7) is 6.56. The Morgan fingerprint density at radius 1 is 1.05 bits per heavy atom. The zero-order chi connectivity index (χ0) is 15.5. The molecule has 0 saturated heterocycles. The van der Waals surface area contributed by atoms with Crippen LogP contribution < -0.4 is 5.32 Å². The highest BCUT2D eigenvalue weighted by Crippen LogP contribution is 2.25. The van der Waals surface area contributed by atoms with Gasteiger partial charge in [0.05, 0.1) is 17.0 Å². The van der Waals surface area contributed by atoms with Crippen LogP contribution in [0.5, 0.6) is 0 Å². The molecule has 2 aromatic heterocycles. The first-order valence-electron chi connectivity index (χ1n) is 7.19. The van der Waals surface area contributed by atoms with E-state index < -0.39 is 0 Å². The van der Waals surface area contributed by atoms with E-state index in [1.807, 2.05) is 19.9 Å². The molecule has 5 heteroatoms. The van der Waals surface area contributed by atoms with E-state index >= 15 is 0 Å². The molecule has 22 heavy (non-hydrogen) atoms. The van der Waals surface area contributed by atoms with Crippen LogP contribution >= 0.6 is 0 Å². The van der Waals surface area contributed by atoms with Gasteiger partial charge in [0.1, 0.15) is 5.76 Å². The molecular weight excluding hydrogens is 276 g/mol. The lowest BCUT2D eigenvalue weighted by Crippen LogP contribution is -2.04. The summed E-state index contributed by atoms with van der Waals surface area (Å²) in [6.07, 6.45) is 1.74. The van der Waals surface area contributed by atoms with Gasteiger partial charge >= 0.3 is 0 Å². The second kappa shape index (κ2) is 5.97. The smallest absolute Gasteiger partial charge is 0.223 e. The van der Waals surface area contributed by atoms with Gasteiger partial charge in [-0.25, -0.2) is 9.97 Å². The van der Waals surface area contributed by atoms with Gasteiger partial charge in [-0.2, -0.15) is 0 Å². The summed E-state index contributed by atoms with van der Waals surface area (Å²) < 4.78 is 5.20. The molecule has 0 saturated carbocycles. The molecule has 112 valence electrons. The molecule has 0 radical (unpaired) electrons. The molecule has 1 N–H and O–H groups in total. The molecule has 0 bridgehead atoms. The third kappa shape index (κ3) is 2.98. The second-order valence-corrected chi connectivity index (χ2v) is 5.30. The van der Waals surface area contributed by atoms with Crippen molar-refractivity contribution in [1.82, 2.24) is 15.1 Å². The van der Waals surface area contributed by atoms with Gasteiger partial charge in [0.15, 0.2) is 0 Å². The van der Waals surface area contributed by atoms with Gasteiger partial charge in [-0.1, -0.05) is 35.0 Å². The van der Waals surface area contributed by atoms with Gasteiger partial charge in [-0.05, 0) is 32.4 Å². The molecule has 2 heterocycles. The summed E-state index contributed by atoms with van der Waals surface area (Å²) >= 11 is 0. The number of aryl methyl sites for hydroxylation is 3. The highest BCUT2D eigenvalue weighted by molar-refractivity contribution is 5.64. The summed E-state index contributed by atoms with van der Waals surface area (Å²) in [5.41, 5.74) is 5.02. The minimum atomic E-state index is 0.595. The van der Waals surface area contributed by atoms with Gasteiger partial charge in [-0.3, -0.25) is 0 Å². The largest absolute Gasteiger partial charge is 0.361 e. The van der Waals surface area contributed by atoms with Gasteiger partial charge in [0.2, 0.25) is 5.95 Å². The summed E-state index contributed by atoms with van der Waals surface area (Å²) in [7, 11) is 0. The van der Waals surface area contributed by atoms with Crippen LogP contribution in [-0.4, -0.2) is 15.1 Å². The van der Waals surface area contributed by atoms with Crippen molar-refractivity contribution in [2.75, 3.05) is 5.32 Å². The predicted molar refractivity (Wildman–Crippen MR) is 85.5 cm³/mol. The third-order valence-electron chi connectivity index (χ3n) is 3.52. The Labute approximate surface area is 129 Å². The standard InChI is InChI=1S/C17H18N4O/c1-11-4-6-14(7-5-11)10-19-17-18-9-8-15(20-17)16-12(2)21-22-13(16)3/h4-9H,10H2,1-3H3,(H,18,19,20). The molecule has 0 spiro atoms. The lowest BCUT2D eigenvalue weighted by Gasteiger charge is -2.07. The van der Waals surface area contributed by atoms with Crippen molar-refractivity contribution in [1.29, 1.82) is 0 Å². The summed E-state index contributed by atoms with van der Waals surface area (Å²) in [4.78, 5) is 8.82. The van der Waals surface area contributed by atoms with E-state index in [2.05, 4.69) is 51.6 Å². The van der Waals surface area contributed by atoms with Crippen LogP contribution in [0.3, 0.4) is 0 Å². The van der Waals surface area contributed by atoms with Crippen LogP contribution in [0.25, 0.3) is 11.3 Å². The summed E-state index contributed by atoms with van der Waals surface area (Å²) in [6, 6.07) is 10.3. The number of anilines is 1. The normalized spacial score (nSPS) is 10.7. The van der Waals surface area contributed by atoms with Crippen molar-refractivity contribution in [3.63, 3.8) is 0 Å². The minimum Gasteiger partial charge on any atom is -0.361 e.